The molecular weight excluding hydrogens is 627 g/mol. The van der Waals surface area contributed by atoms with E-state index >= 15 is 0 Å². The molecule has 11 nitrogen and oxygen atoms in total. The highest BCUT2D eigenvalue weighted by Crippen LogP contribution is 2.29. The summed E-state index contributed by atoms with van der Waals surface area (Å²) in [6.07, 6.45) is 2.39. The van der Waals surface area contributed by atoms with Crippen LogP contribution in [0.5, 0.6) is 5.75 Å². The smallest absolute Gasteiger partial charge is 0.258 e. The summed E-state index contributed by atoms with van der Waals surface area (Å²) < 4.78 is 53.9. The van der Waals surface area contributed by atoms with E-state index in [2.05, 4.69) is 5.32 Å². The first kappa shape index (κ1) is 38.3. The van der Waals surface area contributed by atoms with Gasteiger partial charge in [-0.3, -0.25) is 9.59 Å². The number of hydrogen-bond donors (Lipinski definition) is 2. The van der Waals surface area contributed by atoms with Crippen LogP contribution in [0.25, 0.3) is 0 Å². The van der Waals surface area contributed by atoms with Crippen LogP contribution in [0.15, 0.2) is 47.4 Å². The molecule has 1 heterocycles. The van der Waals surface area contributed by atoms with Crippen LogP contribution in [-0.2, 0) is 19.6 Å². The van der Waals surface area contributed by atoms with Gasteiger partial charge in [-0.15, -0.1) is 0 Å². The molecule has 2 aromatic rings. The number of ether oxygens (including phenoxy) is 2. The van der Waals surface area contributed by atoms with Gasteiger partial charge in [-0.2, -0.15) is 4.31 Å². The van der Waals surface area contributed by atoms with Crippen molar-refractivity contribution in [2.24, 2.45) is 5.92 Å². The average Bonchev–Trinajstić information content (AvgIpc) is 3.02. The Kier molecular flexibility index (Phi) is 14.6. The van der Waals surface area contributed by atoms with Gasteiger partial charge in [-0.25, -0.2) is 12.8 Å². The Bertz CT molecular complexity index is 1420. The number of sulfonamides is 1. The number of aliphatic hydroxyl groups is 1. The van der Waals surface area contributed by atoms with Crippen LogP contribution in [0.1, 0.15) is 63.2 Å². The molecule has 0 aromatic heterocycles. The van der Waals surface area contributed by atoms with Crippen molar-refractivity contribution >= 4 is 27.5 Å². The fourth-order valence-corrected chi connectivity index (χ4v) is 6.56. The van der Waals surface area contributed by atoms with Crippen LogP contribution in [0, 0.1) is 11.7 Å². The second-order valence-electron chi connectivity index (χ2n) is 12.7. The van der Waals surface area contributed by atoms with Crippen molar-refractivity contribution in [2.45, 2.75) is 76.0 Å². The van der Waals surface area contributed by atoms with E-state index in [0.29, 0.717) is 43.7 Å². The lowest BCUT2D eigenvalue weighted by Crippen LogP contribution is -2.48. The Morgan fingerprint density at radius 3 is 2.49 bits per heavy atom. The van der Waals surface area contributed by atoms with Gasteiger partial charge in [0.15, 0.2) is 0 Å². The van der Waals surface area contributed by atoms with Crippen molar-refractivity contribution in [3.63, 3.8) is 0 Å². The summed E-state index contributed by atoms with van der Waals surface area (Å²) in [6, 6.07) is 9.09. The van der Waals surface area contributed by atoms with Crippen LogP contribution in [0.4, 0.5) is 10.1 Å². The quantitative estimate of drug-likeness (QED) is 0.362. The molecule has 4 atom stereocenters. The van der Waals surface area contributed by atoms with Gasteiger partial charge >= 0.3 is 0 Å². The first-order valence-corrected chi connectivity index (χ1v) is 17.7. The number of hydrogen-bond acceptors (Lipinski definition) is 8. The van der Waals surface area contributed by atoms with Crippen molar-refractivity contribution in [1.29, 1.82) is 0 Å². The maximum absolute atomic E-state index is 14.3. The number of rotatable bonds is 11. The fourth-order valence-electron chi connectivity index (χ4n) is 5.38. The topological polar surface area (TPSA) is 129 Å². The normalized spacial score (nSPS) is 20.8. The van der Waals surface area contributed by atoms with Gasteiger partial charge in [-0.05, 0) is 103 Å². The fraction of sp³-hybridized carbons (Fsp3) is 0.588. The summed E-state index contributed by atoms with van der Waals surface area (Å²) in [6.45, 7) is 6.52. The molecular formula is C34H51FN4O7S. The van der Waals surface area contributed by atoms with E-state index in [1.807, 2.05) is 32.8 Å². The molecule has 0 unspecified atom stereocenters. The van der Waals surface area contributed by atoms with Gasteiger partial charge in [0.2, 0.25) is 15.9 Å². The molecule has 0 fully saturated rings. The summed E-state index contributed by atoms with van der Waals surface area (Å²) in [7, 11) is 1.40. The number of nitrogens with one attached hydrogen (secondary N) is 1. The van der Waals surface area contributed by atoms with E-state index in [1.54, 1.807) is 25.1 Å². The largest absolute Gasteiger partial charge is 0.490 e. The van der Waals surface area contributed by atoms with Gasteiger partial charge < -0.3 is 29.7 Å². The summed E-state index contributed by atoms with van der Waals surface area (Å²) in [5, 5.41) is 13.1. The Morgan fingerprint density at radius 2 is 1.83 bits per heavy atom. The lowest BCUT2D eigenvalue weighted by atomic mass is 10.0. The Morgan fingerprint density at radius 1 is 1.13 bits per heavy atom. The maximum Gasteiger partial charge on any atom is 0.258 e. The second kappa shape index (κ2) is 17.9. The molecule has 0 spiro atoms. The van der Waals surface area contributed by atoms with Crippen LogP contribution in [-0.4, -0.2) is 112 Å². The summed E-state index contributed by atoms with van der Waals surface area (Å²) in [4.78, 5) is 30.5. The Balaban J connectivity index is 1.92. The highest BCUT2D eigenvalue weighted by molar-refractivity contribution is 7.89. The third-order valence-electron chi connectivity index (χ3n) is 8.30. The number of halogens is 1. The molecule has 2 aromatic carbocycles. The van der Waals surface area contributed by atoms with Crippen molar-refractivity contribution in [3.8, 4) is 5.75 Å². The average molecular weight is 679 g/mol. The predicted molar refractivity (Wildman–Crippen MR) is 180 cm³/mol. The number of nitrogens with zero attached hydrogens (tertiary/aromatic N) is 3. The van der Waals surface area contributed by atoms with Crippen molar-refractivity contribution in [3.05, 3.63) is 53.8 Å². The number of fused-ring (bicyclic) bond motifs is 1. The highest BCUT2D eigenvalue weighted by Gasteiger charge is 2.32. The minimum Gasteiger partial charge on any atom is -0.490 e. The zero-order chi connectivity index (χ0) is 34.7. The number of carbonyl (C=O) groups is 2. The van der Waals surface area contributed by atoms with Crippen molar-refractivity contribution in [1.82, 2.24) is 14.1 Å². The molecule has 0 radical (unpaired) electrons. The molecule has 0 saturated heterocycles. The predicted octanol–water partition coefficient (Wildman–Crippen LogP) is 4.22. The van der Waals surface area contributed by atoms with Crippen molar-refractivity contribution < 1.29 is 37.0 Å². The molecule has 2 N–H and O–H groups in total. The third kappa shape index (κ3) is 11.2. The number of benzene rings is 2. The highest BCUT2D eigenvalue weighted by atomic mass is 32.2. The summed E-state index contributed by atoms with van der Waals surface area (Å²) in [5.74, 6) is -1.07. The van der Waals surface area contributed by atoms with Crippen molar-refractivity contribution in [2.75, 3.05) is 59.3 Å². The monoisotopic (exact) mass is 678 g/mol. The zero-order valence-corrected chi connectivity index (χ0v) is 29.3. The minimum atomic E-state index is -3.94. The number of carbonyl (C=O) groups excluding carboxylic acids is 2. The van der Waals surface area contributed by atoms with E-state index in [9.17, 15) is 27.5 Å². The van der Waals surface area contributed by atoms with E-state index in [0.717, 1.165) is 25.1 Å². The molecule has 47 heavy (non-hydrogen) atoms. The Labute approximate surface area is 279 Å². The van der Waals surface area contributed by atoms with Crippen LogP contribution in [0.3, 0.4) is 0 Å². The maximum atomic E-state index is 14.3. The number of likely N-dealkylation sites (N-methyl/N-ethyl adjacent to an activating group) is 1. The van der Waals surface area contributed by atoms with Gasteiger partial charge in [0.25, 0.3) is 5.91 Å². The Hall–Kier alpha value is -3.10. The third-order valence-corrected chi connectivity index (χ3v) is 10.1. The van der Waals surface area contributed by atoms with E-state index in [-0.39, 0.29) is 48.1 Å². The van der Waals surface area contributed by atoms with E-state index in [1.165, 1.54) is 28.4 Å². The first-order valence-electron chi connectivity index (χ1n) is 16.2. The lowest BCUT2D eigenvalue weighted by Gasteiger charge is -2.35. The molecule has 3 rings (SSSR count). The molecule has 1 aliphatic heterocycles. The van der Waals surface area contributed by atoms with Gasteiger partial charge in [0.1, 0.15) is 11.6 Å². The van der Waals surface area contributed by atoms with E-state index < -0.39 is 33.9 Å². The van der Waals surface area contributed by atoms with E-state index in [4.69, 9.17) is 9.47 Å². The number of anilines is 1. The summed E-state index contributed by atoms with van der Waals surface area (Å²) >= 11 is 0. The van der Waals surface area contributed by atoms with Gasteiger partial charge in [0.05, 0.1) is 35.3 Å². The van der Waals surface area contributed by atoms with Crippen LogP contribution < -0.4 is 10.1 Å². The molecule has 0 bridgehead atoms. The number of amides is 2. The van der Waals surface area contributed by atoms with Gasteiger partial charge in [0, 0.05) is 44.8 Å². The lowest BCUT2D eigenvalue weighted by molar-refractivity contribution is -0.116. The first-order chi connectivity index (χ1) is 22.2. The van der Waals surface area contributed by atoms with Gasteiger partial charge in [-0.1, -0.05) is 6.92 Å². The van der Waals surface area contributed by atoms with Crippen LogP contribution in [0.2, 0.25) is 0 Å². The minimum absolute atomic E-state index is 0.00346. The standard InChI is InChI=1S/C34H51FN4O7S/c1-24-21-39(25(2)23-40)34(42)30-20-28(36-33(41)11-9-18-37(4)5)14-17-31(30)46-26(3)10-7-8-19-45-32(24)22-38(6)47(43,44)29-15-12-27(35)13-16-29/h12-17,20,24-26,32,40H,7-11,18-19,21-23H2,1-6H3,(H,36,41)/t24-,25-,26+,32+/m0/s1. The molecule has 0 saturated carbocycles. The SMILES string of the molecule is C[C@@H]1CCCCO[C@H](CN(C)S(=O)(=O)c2ccc(F)cc2)[C@@H](C)CN([C@@H](C)CO)C(=O)c2cc(NC(=O)CCCN(C)C)ccc2O1. The molecule has 1 aliphatic rings. The van der Waals surface area contributed by atoms with Crippen LogP contribution >= 0.6 is 0 Å². The molecule has 0 aliphatic carbocycles. The molecule has 2 amide bonds. The molecule has 13 heteroatoms. The zero-order valence-electron chi connectivity index (χ0n) is 28.4. The molecule has 262 valence electrons. The second-order valence-corrected chi connectivity index (χ2v) is 14.8. The summed E-state index contributed by atoms with van der Waals surface area (Å²) in [5.41, 5.74) is 0.712. The number of aliphatic hydroxyl groups excluding tert-OH is 1.